The van der Waals surface area contributed by atoms with Gasteiger partial charge in [0.1, 0.15) is 5.75 Å². The Hall–Kier alpha value is -2.24. The van der Waals surface area contributed by atoms with Crippen molar-refractivity contribution in [3.63, 3.8) is 0 Å². The number of rotatable bonds is 7. The number of carbonyl (C=O) groups is 2. The molecule has 0 aliphatic rings. The number of carboxylic acid groups (broad SMARTS) is 1. The number of anilines is 1. The molecule has 1 aromatic rings. The van der Waals surface area contributed by atoms with Gasteiger partial charge in [-0.3, -0.25) is 0 Å². The first-order valence-electron chi connectivity index (χ1n) is 6.92. The Morgan fingerprint density at radius 1 is 1.33 bits per heavy atom. The molecule has 0 radical (unpaired) electrons. The Balaban J connectivity index is 2.54. The van der Waals surface area contributed by atoms with Crippen LogP contribution in [0.2, 0.25) is 0 Å². The van der Waals surface area contributed by atoms with Gasteiger partial charge in [-0.05, 0) is 37.6 Å². The van der Waals surface area contributed by atoms with Crippen molar-refractivity contribution in [2.45, 2.75) is 32.7 Å². The van der Waals surface area contributed by atoms with Gasteiger partial charge in [-0.25, -0.2) is 9.59 Å². The fraction of sp³-hybridized carbons (Fsp3) is 0.467. The first-order chi connectivity index (χ1) is 9.93. The maximum Gasteiger partial charge on any atom is 0.341 e. The summed E-state index contributed by atoms with van der Waals surface area (Å²) in [6, 6.07) is 6.59. The van der Waals surface area contributed by atoms with E-state index < -0.39 is 5.97 Å². The predicted molar refractivity (Wildman–Crippen MR) is 80.7 cm³/mol. The van der Waals surface area contributed by atoms with E-state index in [0.29, 0.717) is 11.4 Å². The zero-order valence-electron chi connectivity index (χ0n) is 12.6. The summed E-state index contributed by atoms with van der Waals surface area (Å²) in [4.78, 5) is 24.1. The van der Waals surface area contributed by atoms with Crippen LogP contribution in [0.5, 0.6) is 5.75 Å². The first kappa shape index (κ1) is 16.8. The number of aliphatic carboxylic acids is 1. The van der Waals surface area contributed by atoms with E-state index in [1.54, 1.807) is 36.2 Å². The standard InChI is InChI=1S/C15H22N2O4/c1-4-5-11(2)17(3)15(20)16-12-6-8-13(9-7-12)21-10-14(18)19/h6-9,11H,4-5,10H2,1-3H3,(H,16,20)(H,18,19). The van der Waals surface area contributed by atoms with E-state index in [1.807, 2.05) is 6.92 Å². The summed E-state index contributed by atoms with van der Waals surface area (Å²) in [5.74, 6) is -0.581. The molecule has 0 spiro atoms. The summed E-state index contributed by atoms with van der Waals surface area (Å²) in [6.07, 6.45) is 1.97. The number of hydrogen-bond acceptors (Lipinski definition) is 3. The number of nitrogens with one attached hydrogen (secondary N) is 1. The molecular weight excluding hydrogens is 272 g/mol. The van der Waals surface area contributed by atoms with Crippen molar-refractivity contribution in [2.24, 2.45) is 0 Å². The lowest BCUT2D eigenvalue weighted by Gasteiger charge is -2.24. The summed E-state index contributed by atoms with van der Waals surface area (Å²) in [7, 11) is 1.76. The van der Waals surface area contributed by atoms with Gasteiger partial charge in [-0.2, -0.15) is 0 Å². The van der Waals surface area contributed by atoms with E-state index in [0.717, 1.165) is 12.8 Å². The van der Waals surface area contributed by atoms with Gasteiger partial charge in [-0.1, -0.05) is 13.3 Å². The largest absolute Gasteiger partial charge is 0.482 e. The lowest BCUT2D eigenvalue weighted by Crippen LogP contribution is -2.38. The summed E-state index contributed by atoms with van der Waals surface area (Å²) < 4.78 is 5.02. The second-order valence-corrected chi connectivity index (χ2v) is 4.89. The number of urea groups is 1. The predicted octanol–water partition coefficient (Wildman–Crippen LogP) is 2.80. The van der Waals surface area contributed by atoms with Gasteiger partial charge in [-0.15, -0.1) is 0 Å². The SMILES string of the molecule is CCCC(C)N(C)C(=O)Nc1ccc(OCC(=O)O)cc1. The van der Waals surface area contributed by atoms with Crippen LogP contribution in [0.25, 0.3) is 0 Å². The average molecular weight is 294 g/mol. The van der Waals surface area contributed by atoms with Crippen LogP contribution < -0.4 is 10.1 Å². The molecule has 6 nitrogen and oxygen atoms in total. The molecule has 0 saturated heterocycles. The van der Waals surface area contributed by atoms with E-state index in [-0.39, 0.29) is 18.7 Å². The molecule has 0 bridgehead atoms. The lowest BCUT2D eigenvalue weighted by atomic mass is 10.2. The summed E-state index contributed by atoms with van der Waals surface area (Å²) in [5.41, 5.74) is 0.637. The lowest BCUT2D eigenvalue weighted by molar-refractivity contribution is -0.139. The maximum absolute atomic E-state index is 12.0. The molecule has 2 amide bonds. The molecule has 0 heterocycles. The van der Waals surface area contributed by atoms with Crippen LogP contribution in [-0.4, -0.2) is 41.7 Å². The van der Waals surface area contributed by atoms with Crippen LogP contribution in [-0.2, 0) is 4.79 Å². The Morgan fingerprint density at radius 2 is 1.95 bits per heavy atom. The van der Waals surface area contributed by atoms with Crippen LogP contribution in [0, 0.1) is 0 Å². The number of hydrogen-bond donors (Lipinski definition) is 2. The van der Waals surface area contributed by atoms with E-state index in [4.69, 9.17) is 9.84 Å². The van der Waals surface area contributed by atoms with E-state index in [1.165, 1.54) is 0 Å². The smallest absolute Gasteiger partial charge is 0.341 e. The summed E-state index contributed by atoms with van der Waals surface area (Å²) in [5, 5.41) is 11.3. The minimum Gasteiger partial charge on any atom is -0.482 e. The third kappa shape index (κ3) is 5.72. The molecule has 1 rings (SSSR count). The number of carboxylic acids is 1. The Morgan fingerprint density at radius 3 is 2.48 bits per heavy atom. The highest BCUT2D eigenvalue weighted by molar-refractivity contribution is 5.89. The highest BCUT2D eigenvalue weighted by Crippen LogP contribution is 2.16. The molecule has 1 unspecified atom stereocenters. The molecule has 0 aliphatic heterocycles. The van der Waals surface area contributed by atoms with Crippen molar-refractivity contribution < 1.29 is 19.4 Å². The summed E-state index contributed by atoms with van der Waals surface area (Å²) >= 11 is 0. The number of ether oxygens (including phenoxy) is 1. The van der Waals surface area contributed by atoms with Crippen molar-refractivity contribution in [3.05, 3.63) is 24.3 Å². The van der Waals surface area contributed by atoms with Gasteiger partial charge in [0.15, 0.2) is 6.61 Å². The normalized spacial score (nSPS) is 11.6. The highest BCUT2D eigenvalue weighted by atomic mass is 16.5. The van der Waals surface area contributed by atoms with E-state index in [9.17, 15) is 9.59 Å². The molecule has 1 aromatic carbocycles. The monoisotopic (exact) mass is 294 g/mol. The molecule has 0 aliphatic carbocycles. The van der Waals surface area contributed by atoms with Crippen molar-refractivity contribution in [1.29, 1.82) is 0 Å². The molecular formula is C15H22N2O4. The number of carbonyl (C=O) groups excluding carboxylic acids is 1. The second kappa shape index (κ2) is 8.14. The third-order valence-electron chi connectivity index (χ3n) is 3.16. The minimum absolute atomic E-state index is 0.171. The second-order valence-electron chi connectivity index (χ2n) is 4.89. The summed E-state index contributed by atoms with van der Waals surface area (Å²) in [6.45, 7) is 3.70. The molecule has 6 heteroatoms. The van der Waals surface area contributed by atoms with Crippen molar-refractivity contribution in [1.82, 2.24) is 4.90 Å². The maximum atomic E-state index is 12.0. The van der Waals surface area contributed by atoms with Crippen molar-refractivity contribution in [2.75, 3.05) is 19.0 Å². The van der Waals surface area contributed by atoms with E-state index >= 15 is 0 Å². The van der Waals surface area contributed by atoms with Crippen LogP contribution in [0.1, 0.15) is 26.7 Å². The topological polar surface area (TPSA) is 78.9 Å². The quantitative estimate of drug-likeness (QED) is 0.810. The molecule has 1 atom stereocenters. The Bertz CT molecular complexity index is 473. The van der Waals surface area contributed by atoms with Gasteiger partial charge in [0.05, 0.1) is 0 Å². The van der Waals surface area contributed by atoms with Gasteiger partial charge < -0.3 is 20.1 Å². The van der Waals surface area contributed by atoms with Crippen LogP contribution in [0.3, 0.4) is 0 Å². The minimum atomic E-state index is -1.03. The zero-order valence-corrected chi connectivity index (χ0v) is 12.6. The average Bonchev–Trinajstić information content (AvgIpc) is 2.45. The molecule has 21 heavy (non-hydrogen) atoms. The van der Waals surface area contributed by atoms with Crippen molar-refractivity contribution in [3.8, 4) is 5.75 Å². The molecule has 116 valence electrons. The number of nitrogens with zero attached hydrogens (tertiary/aromatic N) is 1. The van der Waals surface area contributed by atoms with Crippen molar-refractivity contribution >= 4 is 17.7 Å². The first-order valence-corrected chi connectivity index (χ1v) is 6.92. The van der Waals surface area contributed by atoms with Crippen LogP contribution >= 0.6 is 0 Å². The van der Waals surface area contributed by atoms with Gasteiger partial charge in [0.2, 0.25) is 0 Å². The Labute approximate surface area is 124 Å². The molecule has 0 saturated carbocycles. The third-order valence-corrected chi connectivity index (χ3v) is 3.16. The molecule has 2 N–H and O–H groups in total. The fourth-order valence-corrected chi connectivity index (χ4v) is 1.80. The van der Waals surface area contributed by atoms with Gasteiger partial charge >= 0.3 is 12.0 Å². The van der Waals surface area contributed by atoms with Gasteiger partial charge in [0, 0.05) is 18.8 Å². The molecule has 0 aromatic heterocycles. The number of benzene rings is 1. The Kier molecular flexibility index (Phi) is 6.52. The fourth-order valence-electron chi connectivity index (χ4n) is 1.80. The highest BCUT2D eigenvalue weighted by Gasteiger charge is 2.14. The van der Waals surface area contributed by atoms with E-state index in [2.05, 4.69) is 12.2 Å². The van der Waals surface area contributed by atoms with Crippen LogP contribution in [0.15, 0.2) is 24.3 Å². The number of amides is 2. The van der Waals surface area contributed by atoms with Gasteiger partial charge in [0.25, 0.3) is 0 Å². The van der Waals surface area contributed by atoms with Crippen LogP contribution in [0.4, 0.5) is 10.5 Å². The molecule has 0 fully saturated rings. The zero-order chi connectivity index (χ0) is 15.8.